The molecular formula is C22H21ClO9. The number of rotatable bonds is 6. The number of hydrogen-bond donors (Lipinski definition) is 0. The summed E-state index contributed by atoms with van der Waals surface area (Å²) in [5, 5.41) is 1.38. The van der Waals surface area contributed by atoms with Gasteiger partial charge in [-0.3, -0.25) is 0 Å². The molecule has 0 bridgehead atoms. The van der Waals surface area contributed by atoms with Gasteiger partial charge in [0.05, 0.1) is 39.4 Å². The lowest BCUT2D eigenvalue weighted by Gasteiger charge is -2.27. The Balaban J connectivity index is 2.18. The van der Waals surface area contributed by atoms with Crippen LogP contribution in [0.4, 0.5) is 0 Å². The lowest BCUT2D eigenvalue weighted by molar-refractivity contribution is -1.91. The van der Waals surface area contributed by atoms with Crippen LogP contribution in [0.1, 0.15) is 11.1 Å². The van der Waals surface area contributed by atoms with Crippen LogP contribution in [0.5, 0.6) is 34.5 Å². The summed E-state index contributed by atoms with van der Waals surface area (Å²) in [7, 11) is 0.949. The summed E-state index contributed by atoms with van der Waals surface area (Å²) < 4.78 is 67.4. The maximum Gasteiger partial charge on any atom is 0.345 e. The van der Waals surface area contributed by atoms with E-state index in [4.69, 9.17) is 28.0 Å². The van der Waals surface area contributed by atoms with Crippen molar-refractivity contribution in [3.05, 3.63) is 35.4 Å². The topological polar surface area (TPSA) is 125 Å². The van der Waals surface area contributed by atoms with E-state index in [0.29, 0.717) is 33.4 Å². The molecule has 4 rings (SSSR count). The standard InChI is InChI=1S/C22H21ClO9/c1-11-6-13-18-12(8-15(28-3)19(13)14(7-11)27-2)10-31-16-9-17(29-4)21(30-5)22(20(16)18)32-23(24,25)26/h6-9H,10H2,1-5H3. The summed E-state index contributed by atoms with van der Waals surface area (Å²) >= 11 is 0. The molecule has 0 aromatic heterocycles. The van der Waals surface area contributed by atoms with E-state index in [1.54, 1.807) is 26.4 Å². The molecule has 0 amide bonds. The first kappa shape index (κ1) is 22.1. The van der Waals surface area contributed by atoms with E-state index in [0.717, 1.165) is 5.56 Å². The second-order valence-corrected chi connectivity index (χ2v) is 7.97. The van der Waals surface area contributed by atoms with Crippen LogP contribution in [0.25, 0.3) is 21.9 Å². The van der Waals surface area contributed by atoms with Crippen molar-refractivity contribution < 1.29 is 52.2 Å². The Kier molecular flexibility index (Phi) is 5.59. The van der Waals surface area contributed by atoms with Gasteiger partial charge in [0, 0.05) is 17.2 Å². The molecule has 3 aromatic rings. The summed E-state index contributed by atoms with van der Waals surface area (Å²) in [4.78, 5) is 0. The Bertz CT molecular complexity index is 1200. The van der Waals surface area contributed by atoms with Crippen LogP contribution in [0.3, 0.4) is 0 Å². The molecule has 10 heteroatoms. The zero-order valence-corrected chi connectivity index (χ0v) is 18.8. The molecule has 0 saturated carbocycles. The first-order chi connectivity index (χ1) is 15.2. The molecule has 1 aliphatic heterocycles. The van der Waals surface area contributed by atoms with E-state index in [-0.39, 0.29) is 35.2 Å². The highest BCUT2D eigenvalue weighted by atomic mass is 35.7. The number of halogens is 1. The fraction of sp³-hybridized carbons (Fsp3) is 0.273. The van der Waals surface area contributed by atoms with Gasteiger partial charge < -0.3 is 23.7 Å². The van der Waals surface area contributed by atoms with Crippen LogP contribution >= 0.6 is 0 Å². The van der Waals surface area contributed by atoms with E-state index in [2.05, 4.69) is 0 Å². The summed E-state index contributed by atoms with van der Waals surface area (Å²) in [6.45, 7) is 2.07. The Hall–Kier alpha value is -3.11. The van der Waals surface area contributed by atoms with E-state index < -0.39 is 10.2 Å². The van der Waals surface area contributed by atoms with Gasteiger partial charge in [0.2, 0.25) is 5.75 Å². The van der Waals surface area contributed by atoms with Crippen molar-refractivity contribution in [3.63, 3.8) is 0 Å². The summed E-state index contributed by atoms with van der Waals surface area (Å²) in [6, 6.07) is 7.12. The van der Waals surface area contributed by atoms with Crippen molar-refractivity contribution in [3.8, 4) is 45.6 Å². The molecule has 170 valence electrons. The lowest BCUT2D eigenvalue weighted by atomic mass is 9.88. The number of hydrogen-bond acceptors (Lipinski definition) is 9. The maximum atomic E-state index is 11.6. The van der Waals surface area contributed by atoms with Crippen LogP contribution in [-0.4, -0.2) is 28.4 Å². The molecule has 0 fully saturated rings. The average Bonchev–Trinajstić information content (AvgIpc) is 2.75. The molecule has 0 radical (unpaired) electrons. The molecule has 3 aromatic carbocycles. The Morgan fingerprint density at radius 2 is 1.44 bits per heavy atom. The van der Waals surface area contributed by atoms with E-state index in [1.165, 1.54) is 14.2 Å². The van der Waals surface area contributed by atoms with Crippen molar-refractivity contribution in [2.24, 2.45) is 0 Å². The molecule has 0 spiro atoms. The third kappa shape index (κ3) is 3.59. The highest BCUT2D eigenvalue weighted by molar-refractivity contribution is 6.08. The van der Waals surface area contributed by atoms with Gasteiger partial charge in [-0.05, 0) is 30.0 Å². The molecule has 0 atom stereocenters. The van der Waals surface area contributed by atoms with Crippen LogP contribution in [0.2, 0.25) is 0 Å². The summed E-state index contributed by atoms with van der Waals surface area (Å²) in [6.07, 6.45) is 0. The Morgan fingerprint density at radius 3 is 2.03 bits per heavy atom. The normalized spacial score (nSPS) is 12.5. The first-order valence-corrected chi connectivity index (χ1v) is 10.7. The number of aryl methyl sites for hydroxylation is 1. The van der Waals surface area contributed by atoms with Crippen molar-refractivity contribution in [1.29, 1.82) is 0 Å². The molecule has 9 nitrogen and oxygen atoms in total. The molecule has 0 unspecified atom stereocenters. The van der Waals surface area contributed by atoms with Crippen molar-refractivity contribution in [2.75, 3.05) is 28.4 Å². The van der Waals surface area contributed by atoms with Gasteiger partial charge in [-0.1, -0.05) is 10.4 Å². The van der Waals surface area contributed by atoms with Crippen LogP contribution in [0.15, 0.2) is 24.3 Å². The highest BCUT2D eigenvalue weighted by Crippen LogP contribution is 2.56. The van der Waals surface area contributed by atoms with Gasteiger partial charge in [0.15, 0.2) is 5.75 Å². The molecule has 1 aliphatic rings. The number of benzene rings is 3. The van der Waals surface area contributed by atoms with Crippen molar-refractivity contribution >= 4 is 10.8 Å². The predicted molar refractivity (Wildman–Crippen MR) is 105 cm³/mol. The molecule has 32 heavy (non-hydrogen) atoms. The monoisotopic (exact) mass is 464 g/mol. The van der Waals surface area contributed by atoms with Crippen LogP contribution < -0.4 is 42.0 Å². The zero-order valence-electron chi connectivity index (χ0n) is 18.1. The minimum absolute atomic E-state index is 0.0572. The van der Waals surface area contributed by atoms with Gasteiger partial charge in [0.25, 0.3) is 0 Å². The van der Waals surface area contributed by atoms with Gasteiger partial charge >= 0.3 is 5.75 Å². The molecular weight excluding hydrogens is 444 g/mol. The fourth-order valence-electron chi connectivity index (χ4n) is 4.02. The largest absolute Gasteiger partial charge is 0.496 e. The predicted octanol–water partition coefficient (Wildman–Crippen LogP) is 1.02. The van der Waals surface area contributed by atoms with Gasteiger partial charge in [-0.2, -0.15) is 14.0 Å². The Labute approximate surface area is 186 Å². The van der Waals surface area contributed by atoms with Crippen LogP contribution in [0, 0.1) is 17.2 Å². The number of ether oxygens (including phenoxy) is 5. The second kappa shape index (κ2) is 8.10. The number of methoxy groups -OCH3 is 4. The molecule has 1 heterocycles. The minimum Gasteiger partial charge on any atom is -0.496 e. The summed E-state index contributed by atoms with van der Waals surface area (Å²) in [5.41, 5.74) is 2.46. The van der Waals surface area contributed by atoms with Gasteiger partial charge in [-0.15, -0.1) is 0 Å². The van der Waals surface area contributed by atoms with Gasteiger partial charge in [-0.25, -0.2) is 0 Å². The van der Waals surface area contributed by atoms with Crippen molar-refractivity contribution in [2.45, 2.75) is 13.5 Å². The first-order valence-electron chi connectivity index (χ1n) is 9.43. The zero-order chi connectivity index (χ0) is 23.2. The van der Waals surface area contributed by atoms with Crippen molar-refractivity contribution in [1.82, 2.24) is 0 Å². The Morgan fingerprint density at radius 1 is 0.781 bits per heavy atom. The highest BCUT2D eigenvalue weighted by Gasteiger charge is 2.37. The smallest absolute Gasteiger partial charge is 0.345 e. The molecule has 0 aliphatic carbocycles. The number of fused-ring (bicyclic) bond motifs is 5. The minimum atomic E-state index is -4.84. The fourth-order valence-corrected chi connectivity index (χ4v) is 4.36. The van der Waals surface area contributed by atoms with E-state index in [9.17, 15) is 14.0 Å². The third-order valence-corrected chi connectivity index (χ3v) is 5.57. The summed E-state index contributed by atoms with van der Waals surface area (Å²) in [5.74, 6) is 1.17. The quantitative estimate of drug-likeness (QED) is 0.525. The third-order valence-electron chi connectivity index (χ3n) is 5.22. The maximum absolute atomic E-state index is 11.6. The van der Waals surface area contributed by atoms with Crippen LogP contribution in [-0.2, 0) is 6.61 Å². The van der Waals surface area contributed by atoms with E-state index in [1.807, 2.05) is 19.1 Å². The lowest BCUT2D eigenvalue weighted by Crippen LogP contribution is -2.63. The average molecular weight is 465 g/mol. The van der Waals surface area contributed by atoms with Gasteiger partial charge in [0.1, 0.15) is 34.1 Å². The van der Waals surface area contributed by atoms with E-state index >= 15 is 0 Å². The SMILES string of the molecule is COc1cc2c(c(O[Cl+3]([O-])([O-])[O-])c1OC)-c1c(cc(OC)c3c(OC)cc(C)cc13)CO2. The molecule has 0 N–H and O–H groups in total. The second-order valence-electron chi connectivity index (χ2n) is 7.06. The molecule has 0 saturated heterocycles.